The first kappa shape index (κ1) is 22.9. The number of hydrogen-bond acceptors (Lipinski definition) is 5. The Morgan fingerprint density at radius 3 is 2.30 bits per heavy atom. The van der Waals surface area contributed by atoms with Gasteiger partial charge in [0.1, 0.15) is 0 Å². The smallest absolute Gasteiger partial charge is 0.243 e. The van der Waals surface area contributed by atoms with Crippen molar-refractivity contribution >= 4 is 15.9 Å². The van der Waals surface area contributed by atoms with E-state index in [1.165, 1.54) is 49.9 Å². The summed E-state index contributed by atoms with van der Waals surface area (Å²) < 4.78 is 38.3. The average Bonchev–Trinajstić information content (AvgIpc) is 2.75. The first-order valence-corrected chi connectivity index (χ1v) is 12.4. The number of hydrogen-bond donors (Lipinski definition) is 1. The van der Waals surface area contributed by atoms with Crippen molar-refractivity contribution in [3.8, 4) is 11.5 Å². The van der Waals surface area contributed by atoms with Gasteiger partial charge in [-0.25, -0.2) is 8.42 Å². The second kappa shape index (κ2) is 10.5. The lowest BCUT2D eigenvalue weighted by Crippen LogP contribution is -2.47. The van der Waals surface area contributed by atoms with E-state index in [0.29, 0.717) is 24.5 Å². The third kappa shape index (κ3) is 5.46. The standard InChI is InChI=1S/C22H34N2O5S/c1-28-20-13-12-19(15-21(20)29-2)30(26,27)24-14-8-9-17(16-24)22(25)23-18-10-6-4-3-5-7-11-18/h12-13,15,17-18H,3-11,14,16H2,1-2H3,(H,23,25)/t17-/m1/s1. The highest BCUT2D eigenvalue weighted by Crippen LogP contribution is 2.32. The van der Waals surface area contributed by atoms with Crippen LogP contribution in [0.15, 0.2) is 23.1 Å². The monoisotopic (exact) mass is 438 g/mol. The maximum absolute atomic E-state index is 13.2. The van der Waals surface area contributed by atoms with E-state index >= 15 is 0 Å². The molecule has 1 amide bonds. The molecule has 2 aliphatic rings. The number of carbonyl (C=O) groups is 1. The van der Waals surface area contributed by atoms with Crippen molar-refractivity contribution in [3.05, 3.63) is 18.2 Å². The average molecular weight is 439 g/mol. The van der Waals surface area contributed by atoms with Crippen LogP contribution in [-0.4, -0.2) is 52.0 Å². The van der Waals surface area contributed by atoms with Gasteiger partial charge in [0.15, 0.2) is 11.5 Å². The van der Waals surface area contributed by atoms with Crippen molar-refractivity contribution < 1.29 is 22.7 Å². The van der Waals surface area contributed by atoms with Gasteiger partial charge in [-0.1, -0.05) is 32.1 Å². The van der Waals surface area contributed by atoms with Crippen LogP contribution in [0.3, 0.4) is 0 Å². The Morgan fingerprint density at radius 1 is 0.967 bits per heavy atom. The molecule has 0 radical (unpaired) electrons. The van der Waals surface area contributed by atoms with E-state index in [2.05, 4.69) is 5.32 Å². The number of rotatable bonds is 6. The van der Waals surface area contributed by atoms with Gasteiger partial charge in [0.05, 0.1) is 25.0 Å². The summed E-state index contributed by atoms with van der Waals surface area (Å²) in [7, 11) is -0.725. The Labute approximate surface area is 180 Å². The minimum Gasteiger partial charge on any atom is -0.493 e. The number of nitrogens with one attached hydrogen (secondary N) is 1. The Balaban J connectivity index is 1.67. The predicted octanol–water partition coefficient (Wildman–Crippen LogP) is 3.33. The molecule has 1 atom stereocenters. The second-order valence-corrected chi connectivity index (χ2v) is 10.2. The van der Waals surface area contributed by atoms with E-state index in [-0.39, 0.29) is 29.3 Å². The fraction of sp³-hybridized carbons (Fsp3) is 0.682. The van der Waals surface area contributed by atoms with Crippen molar-refractivity contribution in [3.63, 3.8) is 0 Å². The zero-order valence-corrected chi connectivity index (χ0v) is 18.9. The van der Waals surface area contributed by atoms with Crippen LogP contribution in [0.2, 0.25) is 0 Å². The first-order valence-electron chi connectivity index (χ1n) is 11.0. The molecule has 0 unspecified atom stereocenters. The molecule has 168 valence electrons. The molecule has 1 aliphatic carbocycles. The maximum atomic E-state index is 13.2. The molecule has 3 rings (SSSR count). The van der Waals surface area contributed by atoms with Crippen LogP contribution >= 0.6 is 0 Å². The Kier molecular flexibility index (Phi) is 7.99. The van der Waals surface area contributed by atoms with Gasteiger partial charge in [-0.15, -0.1) is 0 Å². The summed E-state index contributed by atoms with van der Waals surface area (Å²) in [5.41, 5.74) is 0. The van der Waals surface area contributed by atoms with Gasteiger partial charge in [0.2, 0.25) is 15.9 Å². The van der Waals surface area contributed by atoms with Crippen molar-refractivity contribution in [2.75, 3.05) is 27.3 Å². The minimum atomic E-state index is -3.71. The molecule has 1 heterocycles. The number of sulfonamides is 1. The number of carbonyl (C=O) groups excluding carboxylic acids is 1. The van der Waals surface area contributed by atoms with E-state index in [4.69, 9.17) is 9.47 Å². The molecule has 8 heteroatoms. The van der Waals surface area contributed by atoms with Gasteiger partial charge in [-0.3, -0.25) is 4.79 Å². The fourth-order valence-electron chi connectivity index (χ4n) is 4.42. The molecular formula is C22H34N2O5S. The number of methoxy groups -OCH3 is 2. The summed E-state index contributed by atoms with van der Waals surface area (Å²) in [6.45, 7) is 0.638. The van der Waals surface area contributed by atoms with Crippen molar-refractivity contribution in [2.45, 2.75) is 68.7 Å². The normalized spacial score (nSPS) is 22.0. The third-order valence-electron chi connectivity index (χ3n) is 6.20. The molecule has 7 nitrogen and oxygen atoms in total. The lowest BCUT2D eigenvalue weighted by atomic mass is 9.94. The molecule has 0 aromatic heterocycles. The summed E-state index contributed by atoms with van der Waals surface area (Å²) in [6, 6.07) is 4.81. The predicted molar refractivity (Wildman–Crippen MR) is 115 cm³/mol. The SMILES string of the molecule is COc1ccc(S(=O)(=O)N2CCC[C@@H](C(=O)NC3CCCCCCC3)C2)cc1OC. The van der Waals surface area contributed by atoms with Crippen LogP contribution in [0.25, 0.3) is 0 Å². The van der Waals surface area contributed by atoms with Crippen molar-refractivity contribution in [2.24, 2.45) is 5.92 Å². The molecular weight excluding hydrogens is 404 g/mol. The molecule has 30 heavy (non-hydrogen) atoms. The molecule has 1 aromatic rings. The van der Waals surface area contributed by atoms with Crippen LogP contribution in [0.4, 0.5) is 0 Å². The van der Waals surface area contributed by atoms with Crippen LogP contribution in [-0.2, 0) is 14.8 Å². The van der Waals surface area contributed by atoms with E-state index in [0.717, 1.165) is 32.1 Å². The number of ether oxygens (including phenoxy) is 2. The number of nitrogens with zero attached hydrogens (tertiary/aromatic N) is 1. The lowest BCUT2D eigenvalue weighted by molar-refractivity contribution is -0.126. The molecule has 1 aromatic carbocycles. The van der Waals surface area contributed by atoms with Crippen LogP contribution in [0.5, 0.6) is 11.5 Å². The van der Waals surface area contributed by atoms with Gasteiger partial charge in [-0.05, 0) is 37.8 Å². The zero-order valence-electron chi connectivity index (χ0n) is 18.1. The zero-order chi connectivity index (χ0) is 21.6. The van der Waals surface area contributed by atoms with E-state index < -0.39 is 10.0 Å². The number of benzene rings is 1. The number of amides is 1. The molecule has 0 bridgehead atoms. The summed E-state index contributed by atoms with van der Waals surface area (Å²) in [4.78, 5) is 13.0. The highest BCUT2D eigenvalue weighted by Gasteiger charge is 2.34. The second-order valence-electron chi connectivity index (χ2n) is 8.27. The van der Waals surface area contributed by atoms with Gasteiger partial charge >= 0.3 is 0 Å². The van der Waals surface area contributed by atoms with Gasteiger partial charge < -0.3 is 14.8 Å². The fourth-order valence-corrected chi connectivity index (χ4v) is 5.96. The molecule has 1 N–H and O–H groups in total. The van der Waals surface area contributed by atoms with E-state index in [1.54, 1.807) is 6.07 Å². The Morgan fingerprint density at radius 2 is 1.63 bits per heavy atom. The highest BCUT2D eigenvalue weighted by atomic mass is 32.2. The topological polar surface area (TPSA) is 84.9 Å². The molecule has 1 aliphatic heterocycles. The largest absolute Gasteiger partial charge is 0.493 e. The summed E-state index contributed by atoms with van der Waals surface area (Å²) in [5, 5.41) is 3.20. The van der Waals surface area contributed by atoms with Gasteiger partial charge in [0, 0.05) is 25.2 Å². The maximum Gasteiger partial charge on any atom is 0.243 e. The van der Waals surface area contributed by atoms with Crippen LogP contribution in [0, 0.1) is 5.92 Å². The third-order valence-corrected chi connectivity index (χ3v) is 8.06. The Bertz CT molecular complexity index is 819. The summed E-state index contributed by atoms with van der Waals surface area (Å²) in [6.07, 6.45) is 9.47. The van der Waals surface area contributed by atoms with E-state index in [1.807, 2.05) is 0 Å². The summed E-state index contributed by atoms with van der Waals surface area (Å²) >= 11 is 0. The summed E-state index contributed by atoms with van der Waals surface area (Å²) in [5.74, 6) is 0.535. The van der Waals surface area contributed by atoms with Crippen LogP contribution < -0.4 is 14.8 Å². The van der Waals surface area contributed by atoms with Gasteiger partial charge in [-0.2, -0.15) is 4.31 Å². The number of piperidine rings is 1. The molecule has 1 saturated carbocycles. The lowest BCUT2D eigenvalue weighted by Gasteiger charge is -2.32. The minimum absolute atomic E-state index is 0.00668. The molecule has 2 fully saturated rings. The Hall–Kier alpha value is -1.80. The van der Waals surface area contributed by atoms with Crippen molar-refractivity contribution in [1.82, 2.24) is 9.62 Å². The molecule has 1 saturated heterocycles. The van der Waals surface area contributed by atoms with Gasteiger partial charge in [0.25, 0.3) is 0 Å². The first-order chi connectivity index (χ1) is 14.5. The quantitative estimate of drug-likeness (QED) is 0.736. The highest BCUT2D eigenvalue weighted by molar-refractivity contribution is 7.89. The molecule has 0 spiro atoms. The van der Waals surface area contributed by atoms with E-state index in [9.17, 15) is 13.2 Å². The van der Waals surface area contributed by atoms with Crippen LogP contribution in [0.1, 0.15) is 57.8 Å². The van der Waals surface area contributed by atoms with Crippen molar-refractivity contribution in [1.29, 1.82) is 0 Å².